The van der Waals surface area contributed by atoms with Crippen LogP contribution in [-0.2, 0) is 19.1 Å². The Morgan fingerprint density at radius 1 is 0.804 bits per heavy atom. The highest BCUT2D eigenvalue weighted by Crippen LogP contribution is 2.48. The number of rotatable bonds is 19. The predicted molar refractivity (Wildman–Crippen MR) is 183 cm³/mol. The predicted octanol–water partition coefficient (Wildman–Crippen LogP) is 5.28. The second kappa shape index (κ2) is 18.9. The SMILES string of the molecule is CC(C)C(NC(=O)CCCNC(=O)CC(O)/C=C/CCSC(c1ccccc1)(c1ccccc1)c1ccccc1)C(O)CC(=O)O. The summed E-state index contributed by atoms with van der Waals surface area (Å²) in [6.07, 6.45) is 2.07. The quantitative estimate of drug-likeness (QED) is 0.0679. The maximum absolute atomic E-state index is 12.3. The van der Waals surface area contributed by atoms with Crippen LogP contribution in [0.4, 0.5) is 0 Å². The highest BCUT2D eigenvalue weighted by Gasteiger charge is 2.36. The normalized spacial score (nSPS) is 13.7. The fourth-order valence-corrected chi connectivity index (χ4v) is 6.85. The molecule has 2 amide bonds. The average Bonchev–Trinajstić information content (AvgIpc) is 3.04. The van der Waals surface area contributed by atoms with E-state index in [0.717, 1.165) is 5.75 Å². The minimum atomic E-state index is -1.19. The Bertz CT molecular complexity index is 1290. The summed E-state index contributed by atoms with van der Waals surface area (Å²) in [4.78, 5) is 35.6. The first kappa shape index (κ1) is 36.5. The molecule has 3 rings (SSSR count). The molecule has 9 heteroatoms. The zero-order valence-corrected chi connectivity index (χ0v) is 27.4. The van der Waals surface area contributed by atoms with E-state index in [4.69, 9.17) is 5.11 Å². The Kier molecular flexibility index (Phi) is 15.0. The maximum Gasteiger partial charge on any atom is 0.306 e. The van der Waals surface area contributed by atoms with Gasteiger partial charge < -0.3 is 26.0 Å². The lowest BCUT2D eigenvalue weighted by molar-refractivity contribution is -0.140. The third-order valence-corrected chi connectivity index (χ3v) is 9.22. The highest BCUT2D eigenvalue weighted by atomic mass is 32.2. The zero-order chi connectivity index (χ0) is 33.4. The van der Waals surface area contributed by atoms with Gasteiger partial charge in [-0.1, -0.05) is 117 Å². The molecular formula is C37H46N2O6S. The molecule has 0 radical (unpaired) electrons. The smallest absolute Gasteiger partial charge is 0.306 e. The number of allylic oxidation sites excluding steroid dienone is 1. The molecule has 5 N–H and O–H groups in total. The maximum atomic E-state index is 12.3. The molecule has 0 aliphatic rings. The monoisotopic (exact) mass is 646 g/mol. The fraction of sp³-hybridized carbons (Fsp3) is 0.378. The van der Waals surface area contributed by atoms with Crippen LogP contribution in [-0.4, -0.2) is 63.7 Å². The topological polar surface area (TPSA) is 136 Å². The molecule has 0 bridgehead atoms. The molecule has 3 aromatic rings. The van der Waals surface area contributed by atoms with Crippen LogP contribution < -0.4 is 10.6 Å². The number of carboxylic acids is 1. The fourth-order valence-electron chi connectivity index (χ4n) is 5.38. The van der Waals surface area contributed by atoms with Gasteiger partial charge in [0.15, 0.2) is 0 Å². The highest BCUT2D eigenvalue weighted by molar-refractivity contribution is 8.00. The molecule has 3 atom stereocenters. The Morgan fingerprint density at radius 2 is 1.33 bits per heavy atom. The summed E-state index contributed by atoms with van der Waals surface area (Å²) in [6.45, 7) is 3.84. The summed E-state index contributed by atoms with van der Waals surface area (Å²) < 4.78 is -0.416. The number of benzene rings is 3. The van der Waals surface area contributed by atoms with E-state index < -0.39 is 35.4 Å². The second-order valence-electron chi connectivity index (χ2n) is 11.6. The standard InChI is InChI=1S/C37H46N2O6S/c1-27(2)36(32(41)26-35(44)45)39-33(42)22-14-23-38-34(43)25-31(40)21-12-13-24-46-37(28-15-6-3-7-16-28,29-17-8-4-9-18-29)30-19-10-5-11-20-30/h3-12,15-21,27,31-32,36,40-41H,13-14,22-26H2,1-2H3,(H,38,43)(H,39,42)(H,44,45)/b21-12+. The lowest BCUT2D eigenvalue weighted by atomic mass is 9.84. The van der Waals surface area contributed by atoms with Crippen LogP contribution >= 0.6 is 11.8 Å². The molecule has 0 saturated heterocycles. The van der Waals surface area contributed by atoms with Crippen molar-refractivity contribution in [3.8, 4) is 0 Å². The van der Waals surface area contributed by atoms with Crippen LogP contribution in [0.25, 0.3) is 0 Å². The number of carbonyl (C=O) groups excluding carboxylic acids is 2. The number of aliphatic hydroxyl groups excluding tert-OH is 2. The van der Waals surface area contributed by atoms with E-state index >= 15 is 0 Å². The van der Waals surface area contributed by atoms with Gasteiger partial charge in [-0.25, -0.2) is 0 Å². The summed E-state index contributed by atoms with van der Waals surface area (Å²) in [5, 5.41) is 34.9. The minimum absolute atomic E-state index is 0.0887. The largest absolute Gasteiger partial charge is 0.481 e. The molecule has 3 aromatic carbocycles. The van der Waals surface area contributed by atoms with Crippen LogP contribution in [0.15, 0.2) is 103 Å². The van der Waals surface area contributed by atoms with Gasteiger partial charge in [-0.15, -0.1) is 11.8 Å². The first-order chi connectivity index (χ1) is 22.1. The van der Waals surface area contributed by atoms with Gasteiger partial charge in [-0.2, -0.15) is 0 Å². The van der Waals surface area contributed by atoms with Crippen LogP contribution in [0.1, 0.15) is 62.6 Å². The third-order valence-electron chi connectivity index (χ3n) is 7.64. The van der Waals surface area contributed by atoms with Crippen molar-refractivity contribution in [1.29, 1.82) is 0 Å². The van der Waals surface area contributed by atoms with Crippen molar-refractivity contribution in [3.63, 3.8) is 0 Å². The van der Waals surface area contributed by atoms with E-state index in [1.807, 2.05) is 36.0 Å². The van der Waals surface area contributed by atoms with Gasteiger partial charge in [0.25, 0.3) is 0 Å². The molecule has 0 fully saturated rings. The molecular weight excluding hydrogens is 600 g/mol. The van der Waals surface area contributed by atoms with Gasteiger partial charge in [0.05, 0.1) is 35.8 Å². The van der Waals surface area contributed by atoms with E-state index in [2.05, 4.69) is 83.4 Å². The van der Waals surface area contributed by atoms with E-state index in [0.29, 0.717) is 12.8 Å². The van der Waals surface area contributed by atoms with E-state index in [9.17, 15) is 24.6 Å². The molecule has 0 spiro atoms. The van der Waals surface area contributed by atoms with Gasteiger partial charge in [0.1, 0.15) is 0 Å². The summed E-state index contributed by atoms with van der Waals surface area (Å²) in [5.74, 6) is -1.15. The van der Waals surface area contributed by atoms with Crippen LogP contribution in [0.2, 0.25) is 0 Å². The number of carbonyl (C=O) groups is 3. The molecule has 0 aromatic heterocycles. The van der Waals surface area contributed by atoms with Crippen molar-refractivity contribution in [2.75, 3.05) is 12.3 Å². The lowest BCUT2D eigenvalue weighted by Crippen LogP contribution is -2.47. The first-order valence-electron chi connectivity index (χ1n) is 15.7. The van der Waals surface area contributed by atoms with Crippen LogP contribution in [0, 0.1) is 5.92 Å². The number of hydrogen-bond donors (Lipinski definition) is 5. The van der Waals surface area contributed by atoms with Crippen molar-refractivity contribution in [2.45, 2.75) is 68.9 Å². The van der Waals surface area contributed by atoms with Gasteiger partial charge in [0, 0.05) is 13.0 Å². The van der Waals surface area contributed by atoms with E-state index in [1.165, 1.54) is 16.7 Å². The molecule has 8 nitrogen and oxygen atoms in total. The molecule has 0 saturated carbocycles. The number of carboxylic acid groups (broad SMARTS) is 1. The molecule has 3 unspecified atom stereocenters. The van der Waals surface area contributed by atoms with Crippen molar-refractivity contribution in [2.24, 2.45) is 5.92 Å². The van der Waals surface area contributed by atoms with Crippen molar-refractivity contribution >= 4 is 29.5 Å². The number of nitrogens with one attached hydrogen (secondary N) is 2. The Balaban J connectivity index is 1.48. The van der Waals surface area contributed by atoms with Crippen molar-refractivity contribution in [1.82, 2.24) is 10.6 Å². The van der Waals surface area contributed by atoms with E-state index in [-0.39, 0.29) is 37.1 Å². The Hall–Kier alpha value is -3.92. The third kappa shape index (κ3) is 11.2. The molecule has 0 heterocycles. The summed E-state index contributed by atoms with van der Waals surface area (Å²) in [6, 6.07) is 30.7. The Morgan fingerprint density at radius 3 is 1.80 bits per heavy atom. The molecule has 246 valence electrons. The average molecular weight is 647 g/mol. The molecule has 0 aliphatic carbocycles. The second-order valence-corrected chi connectivity index (χ2v) is 12.9. The molecule has 0 aliphatic heterocycles. The van der Waals surface area contributed by atoms with Gasteiger partial charge in [-0.3, -0.25) is 14.4 Å². The summed E-state index contributed by atoms with van der Waals surface area (Å²) >= 11 is 1.83. The Labute approximate surface area is 276 Å². The number of thioether (sulfide) groups is 1. The summed E-state index contributed by atoms with van der Waals surface area (Å²) in [5.41, 5.74) is 3.56. The van der Waals surface area contributed by atoms with Gasteiger partial charge in [-0.05, 0) is 41.2 Å². The zero-order valence-electron chi connectivity index (χ0n) is 26.5. The van der Waals surface area contributed by atoms with E-state index in [1.54, 1.807) is 19.9 Å². The van der Waals surface area contributed by atoms with Gasteiger partial charge in [0.2, 0.25) is 11.8 Å². The lowest BCUT2D eigenvalue weighted by Gasteiger charge is -2.35. The van der Waals surface area contributed by atoms with Crippen LogP contribution in [0.3, 0.4) is 0 Å². The number of aliphatic hydroxyl groups is 2. The van der Waals surface area contributed by atoms with Gasteiger partial charge >= 0.3 is 5.97 Å². The number of aliphatic carboxylic acids is 1. The molecule has 46 heavy (non-hydrogen) atoms. The van der Waals surface area contributed by atoms with Crippen LogP contribution in [0.5, 0.6) is 0 Å². The van der Waals surface area contributed by atoms with Crippen molar-refractivity contribution in [3.05, 3.63) is 120 Å². The minimum Gasteiger partial charge on any atom is -0.481 e. The van der Waals surface area contributed by atoms with Crippen molar-refractivity contribution < 1.29 is 29.7 Å². The summed E-state index contributed by atoms with van der Waals surface area (Å²) in [7, 11) is 0. The number of amides is 2. The number of hydrogen-bond acceptors (Lipinski definition) is 6. The first-order valence-corrected chi connectivity index (χ1v) is 16.7.